The summed E-state index contributed by atoms with van der Waals surface area (Å²) in [4.78, 5) is 23.0. The molecule has 1 aliphatic rings. The van der Waals surface area contributed by atoms with Gasteiger partial charge in [0.05, 0.1) is 11.4 Å². The van der Waals surface area contributed by atoms with Gasteiger partial charge < -0.3 is 5.32 Å². The summed E-state index contributed by atoms with van der Waals surface area (Å²) in [6.07, 6.45) is 6.09. The second-order valence-electron chi connectivity index (χ2n) is 7.25. The lowest BCUT2D eigenvalue weighted by atomic mass is 9.90. The van der Waals surface area contributed by atoms with E-state index in [1.807, 2.05) is 23.7 Å². The molecule has 0 saturated heterocycles. The molecule has 1 unspecified atom stereocenters. The molecule has 1 amide bonds. The molecule has 7 heteroatoms. The van der Waals surface area contributed by atoms with Crippen LogP contribution in [0.15, 0.2) is 24.5 Å². The molecule has 0 aromatic carbocycles. The van der Waals surface area contributed by atoms with Gasteiger partial charge in [-0.1, -0.05) is 0 Å². The van der Waals surface area contributed by atoms with E-state index in [0.29, 0.717) is 6.54 Å². The Morgan fingerprint density at radius 2 is 2.11 bits per heavy atom. The number of carbonyl (C=O) groups is 1. The predicted octanol–water partition coefficient (Wildman–Crippen LogP) is 3.46. The van der Waals surface area contributed by atoms with Crippen LogP contribution in [0.25, 0.3) is 10.6 Å². The number of amides is 1. The standard InChI is InChI=1S/C21H25N5OS/c1-4-26-14(3)17(13(2)25-26)12-23-20(27)16-5-6-19-18(11-16)24-21(28-19)15-7-9-22-10-8-15/h7-10,16H,4-6,11-12H2,1-3H3,(H,23,27). The van der Waals surface area contributed by atoms with E-state index in [4.69, 9.17) is 4.98 Å². The van der Waals surface area contributed by atoms with Gasteiger partial charge in [0, 0.05) is 59.5 Å². The van der Waals surface area contributed by atoms with E-state index in [1.54, 1.807) is 23.7 Å². The number of thiazole rings is 1. The Labute approximate surface area is 169 Å². The molecule has 0 saturated carbocycles. The summed E-state index contributed by atoms with van der Waals surface area (Å²) in [5.74, 6) is 0.105. The zero-order valence-corrected chi connectivity index (χ0v) is 17.3. The highest BCUT2D eigenvalue weighted by atomic mass is 32.1. The predicted molar refractivity (Wildman–Crippen MR) is 110 cm³/mol. The van der Waals surface area contributed by atoms with Crippen molar-refractivity contribution in [3.8, 4) is 10.6 Å². The molecule has 0 bridgehead atoms. The van der Waals surface area contributed by atoms with Crippen molar-refractivity contribution >= 4 is 17.2 Å². The van der Waals surface area contributed by atoms with E-state index in [-0.39, 0.29) is 11.8 Å². The summed E-state index contributed by atoms with van der Waals surface area (Å²) < 4.78 is 1.99. The van der Waals surface area contributed by atoms with Crippen LogP contribution in [0.5, 0.6) is 0 Å². The molecule has 4 rings (SSSR count). The molecule has 3 heterocycles. The highest BCUT2D eigenvalue weighted by Gasteiger charge is 2.28. The smallest absolute Gasteiger partial charge is 0.223 e. The minimum Gasteiger partial charge on any atom is -0.352 e. The van der Waals surface area contributed by atoms with Crippen molar-refractivity contribution in [2.75, 3.05) is 0 Å². The minimum atomic E-state index is -0.0123. The molecule has 3 aromatic heterocycles. The number of carbonyl (C=O) groups excluding carboxylic acids is 1. The van der Waals surface area contributed by atoms with Crippen molar-refractivity contribution in [2.45, 2.75) is 53.1 Å². The van der Waals surface area contributed by atoms with Crippen LogP contribution in [0, 0.1) is 19.8 Å². The molecule has 28 heavy (non-hydrogen) atoms. The van der Waals surface area contributed by atoms with Gasteiger partial charge in [-0.15, -0.1) is 11.3 Å². The average molecular weight is 396 g/mol. The number of aromatic nitrogens is 4. The molecular weight excluding hydrogens is 370 g/mol. The zero-order valence-electron chi connectivity index (χ0n) is 16.5. The number of nitrogens with zero attached hydrogens (tertiary/aromatic N) is 4. The van der Waals surface area contributed by atoms with E-state index in [1.165, 1.54) is 4.88 Å². The molecular formula is C21H25N5OS. The fourth-order valence-corrected chi connectivity index (χ4v) is 4.95. The fourth-order valence-electron chi connectivity index (χ4n) is 3.84. The van der Waals surface area contributed by atoms with Crippen LogP contribution in [-0.2, 0) is 30.7 Å². The third-order valence-electron chi connectivity index (χ3n) is 5.51. The normalized spacial score (nSPS) is 16.0. The first-order valence-electron chi connectivity index (χ1n) is 9.76. The number of fused-ring (bicyclic) bond motifs is 1. The van der Waals surface area contributed by atoms with Crippen molar-refractivity contribution in [3.63, 3.8) is 0 Å². The maximum atomic E-state index is 12.8. The number of hydrogen-bond donors (Lipinski definition) is 1. The van der Waals surface area contributed by atoms with Gasteiger partial charge in [0.1, 0.15) is 5.01 Å². The van der Waals surface area contributed by atoms with E-state index >= 15 is 0 Å². The molecule has 0 fully saturated rings. The molecule has 0 aliphatic heterocycles. The number of rotatable bonds is 5. The fraction of sp³-hybridized carbons (Fsp3) is 0.429. The number of hydrogen-bond acceptors (Lipinski definition) is 5. The van der Waals surface area contributed by atoms with E-state index in [0.717, 1.165) is 59.0 Å². The Balaban J connectivity index is 1.42. The average Bonchev–Trinajstić information content (AvgIpc) is 3.27. The Kier molecular flexibility index (Phi) is 5.26. The largest absolute Gasteiger partial charge is 0.352 e. The number of nitrogens with one attached hydrogen (secondary N) is 1. The van der Waals surface area contributed by atoms with Crippen molar-refractivity contribution in [1.82, 2.24) is 25.1 Å². The van der Waals surface area contributed by atoms with Crippen molar-refractivity contribution in [1.29, 1.82) is 0 Å². The number of aryl methyl sites for hydroxylation is 3. The third kappa shape index (κ3) is 3.58. The monoisotopic (exact) mass is 395 g/mol. The van der Waals surface area contributed by atoms with Crippen LogP contribution < -0.4 is 5.32 Å². The SMILES string of the molecule is CCn1nc(C)c(CNC(=O)C2CCc3sc(-c4ccncc4)nc3C2)c1C. The minimum absolute atomic E-state index is 0.0123. The van der Waals surface area contributed by atoms with Gasteiger partial charge >= 0.3 is 0 Å². The molecule has 0 radical (unpaired) electrons. The van der Waals surface area contributed by atoms with Crippen LogP contribution in [-0.4, -0.2) is 25.7 Å². The Bertz CT molecular complexity index is 992. The lowest BCUT2D eigenvalue weighted by Gasteiger charge is -2.20. The molecule has 1 aliphatic carbocycles. The molecule has 6 nitrogen and oxygen atoms in total. The van der Waals surface area contributed by atoms with E-state index in [9.17, 15) is 4.79 Å². The molecule has 1 atom stereocenters. The van der Waals surface area contributed by atoms with Crippen LogP contribution in [0.3, 0.4) is 0 Å². The topological polar surface area (TPSA) is 72.7 Å². The van der Waals surface area contributed by atoms with Crippen LogP contribution in [0.4, 0.5) is 0 Å². The quantitative estimate of drug-likeness (QED) is 0.718. The Morgan fingerprint density at radius 1 is 1.32 bits per heavy atom. The summed E-state index contributed by atoms with van der Waals surface area (Å²) in [7, 11) is 0. The molecule has 146 valence electrons. The lowest BCUT2D eigenvalue weighted by Crippen LogP contribution is -2.33. The van der Waals surface area contributed by atoms with Gasteiger partial charge in [-0.2, -0.15) is 5.10 Å². The van der Waals surface area contributed by atoms with Gasteiger partial charge in [-0.3, -0.25) is 14.5 Å². The zero-order chi connectivity index (χ0) is 19.7. The maximum absolute atomic E-state index is 12.8. The molecule has 3 aromatic rings. The molecule has 1 N–H and O–H groups in total. The first kappa shape index (κ1) is 18.8. The first-order chi connectivity index (χ1) is 13.6. The Hall–Kier alpha value is -2.54. The highest BCUT2D eigenvalue weighted by Crippen LogP contribution is 2.34. The van der Waals surface area contributed by atoms with E-state index in [2.05, 4.69) is 29.2 Å². The lowest BCUT2D eigenvalue weighted by molar-refractivity contribution is -0.125. The summed E-state index contributed by atoms with van der Waals surface area (Å²) >= 11 is 1.74. The van der Waals surface area contributed by atoms with Gasteiger partial charge in [-0.25, -0.2) is 4.98 Å². The third-order valence-corrected chi connectivity index (χ3v) is 6.71. The van der Waals surface area contributed by atoms with E-state index < -0.39 is 0 Å². The second kappa shape index (κ2) is 7.83. The highest BCUT2D eigenvalue weighted by molar-refractivity contribution is 7.15. The summed E-state index contributed by atoms with van der Waals surface area (Å²) in [5.41, 5.74) is 5.42. The maximum Gasteiger partial charge on any atom is 0.223 e. The second-order valence-corrected chi connectivity index (χ2v) is 8.33. The van der Waals surface area contributed by atoms with Crippen molar-refractivity contribution in [2.24, 2.45) is 5.92 Å². The first-order valence-corrected chi connectivity index (χ1v) is 10.6. The summed E-state index contributed by atoms with van der Waals surface area (Å²) in [6, 6.07) is 3.96. The van der Waals surface area contributed by atoms with Crippen LogP contribution in [0.2, 0.25) is 0 Å². The van der Waals surface area contributed by atoms with Crippen LogP contribution in [0.1, 0.15) is 40.9 Å². The number of pyridine rings is 1. The van der Waals surface area contributed by atoms with Crippen molar-refractivity contribution in [3.05, 3.63) is 52.0 Å². The summed E-state index contributed by atoms with van der Waals surface area (Å²) in [6.45, 7) is 7.53. The van der Waals surface area contributed by atoms with Gasteiger partial charge in [0.2, 0.25) is 5.91 Å². The van der Waals surface area contributed by atoms with Crippen LogP contribution >= 0.6 is 11.3 Å². The van der Waals surface area contributed by atoms with Crippen molar-refractivity contribution < 1.29 is 4.79 Å². The van der Waals surface area contributed by atoms with Gasteiger partial charge in [-0.05, 0) is 45.7 Å². The van der Waals surface area contributed by atoms with Gasteiger partial charge in [0.15, 0.2) is 0 Å². The van der Waals surface area contributed by atoms with Gasteiger partial charge in [0.25, 0.3) is 0 Å². The Morgan fingerprint density at radius 3 is 2.82 bits per heavy atom. The molecule has 0 spiro atoms. The summed E-state index contributed by atoms with van der Waals surface area (Å²) in [5, 5.41) is 8.68.